The van der Waals surface area contributed by atoms with Crippen molar-refractivity contribution >= 4 is 18.0 Å². The van der Waals surface area contributed by atoms with Crippen LogP contribution in [0.25, 0.3) is 0 Å². The van der Waals surface area contributed by atoms with Crippen LogP contribution in [0.5, 0.6) is 0 Å². The Labute approximate surface area is 117 Å². The molecule has 0 aliphatic carbocycles. The van der Waals surface area contributed by atoms with Crippen LogP contribution in [0.1, 0.15) is 20.8 Å². The van der Waals surface area contributed by atoms with E-state index in [4.69, 9.17) is 4.74 Å². The maximum Gasteiger partial charge on any atom is 0.410 e. The van der Waals surface area contributed by atoms with E-state index in [1.807, 2.05) is 0 Å². The number of nitrogens with one attached hydrogen (secondary N) is 1. The molecule has 2 aliphatic heterocycles. The molecular formula is C13H20N2O5. The molecule has 0 aromatic rings. The molecule has 2 amide bonds. The summed E-state index contributed by atoms with van der Waals surface area (Å²) >= 11 is 0. The number of esters is 1. The van der Waals surface area contributed by atoms with Crippen LogP contribution in [-0.4, -0.2) is 55.2 Å². The Balaban J connectivity index is 2.02. The minimum absolute atomic E-state index is 0.320. The smallest absolute Gasteiger partial charge is 0.410 e. The number of rotatable bonds is 1. The summed E-state index contributed by atoms with van der Waals surface area (Å²) in [4.78, 5) is 36.9. The Bertz CT molecular complexity index is 448. The fraction of sp³-hybridized carbons (Fsp3) is 0.769. The van der Waals surface area contributed by atoms with Crippen LogP contribution < -0.4 is 5.32 Å². The second kappa shape index (κ2) is 4.64. The highest BCUT2D eigenvalue weighted by atomic mass is 16.6. The van der Waals surface area contributed by atoms with E-state index in [1.54, 1.807) is 20.8 Å². The molecule has 0 bridgehead atoms. The van der Waals surface area contributed by atoms with Crippen LogP contribution in [0, 0.1) is 11.3 Å². The molecule has 0 aromatic heterocycles. The summed E-state index contributed by atoms with van der Waals surface area (Å²) in [5.74, 6) is -1.73. The van der Waals surface area contributed by atoms with Crippen LogP contribution in [0.3, 0.4) is 0 Å². The van der Waals surface area contributed by atoms with E-state index in [0.29, 0.717) is 19.6 Å². The van der Waals surface area contributed by atoms with E-state index in [2.05, 4.69) is 10.1 Å². The number of hydrogen-bond acceptors (Lipinski definition) is 5. The number of hydrogen-bond donors (Lipinski definition) is 1. The number of amides is 2. The molecule has 7 heteroatoms. The first kappa shape index (κ1) is 14.6. The van der Waals surface area contributed by atoms with Gasteiger partial charge in [-0.15, -0.1) is 0 Å². The average Bonchev–Trinajstić information content (AvgIpc) is 2.61. The van der Waals surface area contributed by atoms with Gasteiger partial charge in [0.05, 0.1) is 7.11 Å². The molecule has 2 fully saturated rings. The Morgan fingerprint density at radius 3 is 2.45 bits per heavy atom. The van der Waals surface area contributed by atoms with Crippen molar-refractivity contribution in [3.63, 3.8) is 0 Å². The van der Waals surface area contributed by atoms with E-state index in [9.17, 15) is 14.4 Å². The normalized spacial score (nSPS) is 24.1. The Morgan fingerprint density at radius 1 is 1.35 bits per heavy atom. The Morgan fingerprint density at radius 2 is 1.95 bits per heavy atom. The van der Waals surface area contributed by atoms with Gasteiger partial charge in [-0.1, -0.05) is 0 Å². The SMILES string of the molecule is COC(=O)C1C(=O)NCC12CN(C(=O)OC(C)(C)C)C2. The van der Waals surface area contributed by atoms with Crippen molar-refractivity contribution in [1.29, 1.82) is 0 Å². The lowest BCUT2D eigenvalue weighted by Crippen LogP contribution is -2.64. The molecule has 2 saturated heterocycles. The van der Waals surface area contributed by atoms with Gasteiger partial charge in [-0.2, -0.15) is 0 Å². The summed E-state index contributed by atoms with van der Waals surface area (Å²) in [6, 6.07) is 0. The third-order valence-electron chi connectivity index (χ3n) is 3.59. The Kier molecular flexibility index (Phi) is 3.39. The van der Waals surface area contributed by atoms with Crippen LogP contribution >= 0.6 is 0 Å². The van der Waals surface area contributed by atoms with Crippen LogP contribution in [0.15, 0.2) is 0 Å². The van der Waals surface area contributed by atoms with Gasteiger partial charge in [0.25, 0.3) is 0 Å². The van der Waals surface area contributed by atoms with Crippen molar-refractivity contribution < 1.29 is 23.9 Å². The third-order valence-corrected chi connectivity index (χ3v) is 3.59. The first-order valence-corrected chi connectivity index (χ1v) is 6.52. The molecule has 0 aromatic carbocycles. The summed E-state index contributed by atoms with van der Waals surface area (Å²) < 4.78 is 9.94. The van der Waals surface area contributed by atoms with Gasteiger partial charge in [0, 0.05) is 25.0 Å². The molecule has 1 N–H and O–H groups in total. The van der Waals surface area contributed by atoms with Crippen LogP contribution in [0.4, 0.5) is 4.79 Å². The standard InChI is InChI=1S/C13H20N2O5/c1-12(2,3)20-11(18)15-6-13(7-15)5-14-9(16)8(13)10(17)19-4/h8H,5-7H2,1-4H3,(H,14,16). The van der Waals surface area contributed by atoms with E-state index < -0.39 is 29.0 Å². The van der Waals surface area contributed by atoms with Crippen molar-refractivity contribution in [2.45, 2.75) is 26.4 Å². The van der Waals surface area contributed by atoms with Gasteiger partial charge >= 0.3 is 12.1 Å². The molecule has 0 saturated carbocycles. The molecule has 7 nitrogen and oxygen atoms in total. The van der Waals surface area contributed by atoms with E-state index in [-0.39, 0.29) is 5.91 Å². The molecule has 112 valence electrons. The number of ether oxygens (including phenoxy) is 2. The molecule has 1 spiro atoms. The lowest BCUT2D eigenvalue weighted by molar-refractivity contribution is -0.157. The second-order valence-corrected chi connectivity index (χ2v) is 6.37. The van der Waals surface area contributed by atoms with Crippen molar-refractivity contribution in [2.75, 3.05) is 26.7 Å². The maximum atomic E-state index is 11.9. The monoisotopic (exact) mass is 284 g/mol. The Hall–Kier alpha value is -1.79. The molecule has 20 heavy (non-hydrogen) atoms. The number of likely N-dealkylation sites (tertiary alicyclic amines) is 1. The summed E-state index contributed by atoms with van der Waals surface area (Å²) in [5.41, 5.74) is -1.12. The largest absolute Gasteiger partial charge is 0.468 e. The predicted octanol–water partition coefficient (Wildman–Crippen LogP) is 0.143. The quantitative estimate of drug-likeness (QED) is 0.547. The highest BCUT2D eigenvalue weighted by molar-refractivity contribution is 6.01. The topological polar surface area (TPSA) is 84.9 Å². The second-order valence-electron chi connectivity index (χ2n) is 6.37. The van der Waals surface area contributed by atoms with Gasteiger partial charge in [0.15, 0.2) is 0 Å². The minimum atomic E-state index is -0.841. The first-order chi connectivity index (χ1) is 9.18. The highest BCUT2D eigenvalue weighted by Gasteiger charge is 2.60. The number of nitrogens with zero attached hydrogens (tertiary/aromatic N) is 1. The van der Waals surface area contributed by atoms with Gasteiger partial charge in [-0.05, 0) is 20.8 Å². The van der Waals surface area contributed by atoms with Gasteiger partial charge in [0.2, 0.25) is 5.91 Å². The van der Waals surface area contributed by atoms with Crippen LogP contribution in [0.2, 0.25) is 0 Å². The third kappa shape index (κ3) is 2.44. The van der Waals surface area contributed by atoms with Gasteiger partial charge < -0.3 is 19.7 Å². The van der Waals surface area contributed by atoms with Crippen molar-refractivity contribution in [3.05, 3.63) is 0 Å². The summed E-state index contributed by atoms with van der Waals surface area (Å²) in [6.45, 7) is 6.39. The van der Waals surface area contributed by atoms with Gasteiger partial charge in [-0.3, -0.25) is 9.59 Å². The summed E-state index contributed by atoms with van der Waals surface area (Å²) in [6.07, 6.45) is -0.425. The van der Waals surface area contributed by atoms with Gasteiger partial charge in [0.1, 0.15) is 11.5 Å². The molecule has 2 heterocycles. The van der Waals surface area contributed by atoms with Crippen LogP contribution in [-0.2, 0) is 19.1 Å². The molecular weight excluding hydrogens is 264 g/mol. The molecule has 2 rings (SSSR count). The predicted molar refractivity (Wildman–Crippen MR) is 68.8 cm³/mol. The summed E-state index contributed by atoms with van der Waals surface area (Å²) in [7, 11) is 1.26. The lowest BCUT2D eigenvalue weighted by atomic mass is 9.71. The van der Waals surface area contributed by atoms with E-state index in [1.165, 1.54) is 12.0 Å². The van der Waals surface area contributed by atoms with E-state index in [0.717, 1.165) is 0 Å². The lowest BCUT2D eigenvalue weighted by Gasteiger charge is -2.48. The zero-order valence-electron chi connectivity index (χ0n) is 12.2. The molecule has 1 atom stereocenters. The zero-order chi connectivity index (χ0) is 15.1. The van der Waals surface area contributed by atoms with Gasteiger partial charge in [-0.25, -0.2) is 4.79 Å². The number of carbonyl (C=O) groups is 3. The average molecular weight is 284 g/mol. The fourth-order valence-electron chi connectivity index (χ4n) is 2.68. The maximum absolute atomic E-state index is 11.9. The highest BCUT2D eigenvalue weighted by Crippen LogP contribution is 2.42. The van der Waals surface area contributed by atoms with E-state index >= 15 is 0 Å². The fourth-order valence-corrected chi connectivity index (χ4v) is 2.68. The summed E-state index contributed by atoms with van der Waals surface area (Å²) in [5, 5.41) is 2.67. The van der Waals surface area contributed by atoms with Crippen molar-refractivity contribution in [3.8, 4) is 0 Å². The molecule has 0 radical (unpaired) electrons. The first-order valence-electron chi connectivity index (χ1n) is 6.52. The zero-order valence-corrected chi connectivity index (χ0v) is 12.2. The minimum Gasteiger partial charge on any atom is -0.468 e. The number of methoxy groups -OCH3 is 1. The van der Waals surface area contributed by atoms with Crippen molar-refractivity contribution in [1.82, 2.24) is 10.2 Å². The molecule has 1 unspecified atom stereocenters. The van der Waals surface area contributed by atoms with Crippen molar-refractivity contribution in [2.24, 2.45) is 11.3 Å². The molecule has 2 aliphatic rings. The number of carbonyl (C=O) groups excluding carboxylic acids is 3.